The van der Waals surface area contributed by atoms with E-state index in [0.717, 1.165) is 17.7 Å². The van der Waals surface area contributed by atoms with E-state index in [0.29, 0.717) is 5.02 Å². The van der Waals surface area contributed by atoms with E-state index in [1.165, 1.54) is 11.0 Å². The zero-order valence-electron chi connectivity index (χ0n) is 11.7. The van der Waals surface area contributed by atoms with Crippen molar-refractivity contribution in [3.8, 4) is 5.75 Å². The molecule has 0 saturated heterocycles. The summed E-state index contributed by atoms with van der Waals surface area (Å²) in [4.78, 5) is 13.8. The van der Waals surface area contributed by atoms with Gasteiger partial charge in [-0.3, -0.25) is 4.79 Å². The summed E-state index contributed by atoms with van der Waals surface area (Å²) < 4.78 is 13.2. The van der Waals surface area contributed by atoms with E-state index in [9.17, 15) is 14.3 Å². The van der Waals surface area contributed by atoms with E-state index in [1.54, 1.807) is 25.2 Å². The van der Waals surface area contributed by atoms with Crippen LogP contribution in [0.25, 0.3) is 0 Å². The summed E-state index contributed by atoms with van der Waals surface area (Å²) in [5, 5.41) is 10.3. The molecule has 1 N–H and O–H groups in total. The van der Waals surface area contributed by atoms with Crippen LogP contribution in [0, 0.1) is 5.82 Å². The molecular formula is C16H15ClFNO2. The minimum absolute atomic E-state index is 0.0635. The number of nitrogens with zero attached hydrogens (tertiary/aromatic N) is 1. The first-order valence-electron chi connectivity index (χ1n) is 6.41. The van der Waals surface area contributed by atoms with Gasteiger partial charge in [0, 0.05) is 12.1 Å². The number of phenols is 1. The smallest absolute Gasteiger partial charge is 0.257 e. The second-order valence-corrected chi connectivity index (χ2v) is 5.24. The minimum atomic E-state index is -0.569. The number of hydrogen-bond donors (Lipinski definition) is 1. The van der Waals surface area contributed by atoms with Gasteiger partial charge < -0.3 is 10.0 Å². The topological polar surface area (TPSA) is 40.5 Å². The quantitative estimate of drug-likeness (QED) is 0.930. The Morgan fingerprint density at radius 2 is 2.00 bits per heavy atom. The number of carbonyl (C=O) groups excluding carboxylic acids is 1. The van der Waals surface area contributed by atoms with Crippen molar-refractivity contribution in [2.75, 3.05) is 7.05 Å². The molecule has 3 nitrogen and oxygen atoms in total. The van der Waals surface area contributed by atoms with Crippen LogP contribution in [0.1, 0.15) is 28.9 Å². The molecule has 0 bridgehead atoms. The molecule has 0 fully saturated rings. The van der Waals surface area contributed by atoms with Gasteiger partial charge in [-0.1, -0.05) is 23.7 Å². The lowest BCUT2D eigenvalue weighted by Gasteiger charge is -2.26. The van der Waals surface area contributed by atoms with Gasteiger partial charge in [0.15, 0.2) is 0 Å². The van der Waals surface area contributed by atoms with E-state index in [2.05, 4.69) is 0 Å². The van der Waals surface area contributed by atoms with E-state index in [-0.39, 0.29) is 17.4 Å². The van der Waals surface area contributed by atoms with E-state index in [4.69, 9.17) is 11.6 Å². The Balaban J connectivity index is 2.28. The molecule has 2 rings (SSSR count). The molecule has 1 atom stereocenters. The molecule has 0 aliphatic carbocycles. The van der Waals surface area contributed by atoms with Crippen LogP contribution in [-0.4, -0.2) is 23.0 Å². The molecule has 0 aliphatic heterocycles. The maximum Gasteiger partial charge on any atom is 0.257 e. The third-order valence-corrected chi connectivity index (χ3v) is 3.66. The monoisotopic (exact) mass is 307 g/mol. The standard InChI is InChI=1S/C16H15ClFNO2/c1-10(11-4-3-5-12(17)8-11)19(2)16(21)14-9-13(18)6-7-15(14)20/h3-10,20H,1-2H3. The first-order chi connectivity index (χ1) is 9.90. The van der Waals surface area contributed by atoms with E-state index >= 15 is 0 Å². The van der Waals surface area contributed by atoms with Crippen molar-refractivity contribution in [1.82, 2.24) is 4.90 Å². The van der Waals surface area contributed by atoms with Crippen molar-refractivity contribution in [2.45, 2.75) is 13.0 Å². The lowest BCUT2D eigenvalue weighted by Crippen LogP contribution is -2.29. The summed E-state index contributed by atoms with van der Waals surface area (Å²) in [6.45, 7) is 1.83. The van der Waals surface area contributed by atoms with Gasteiger partial charge in [-0.2, -0.15) is 0 Å². The molecule has 2 aromatic rings. The highest BCUT2D eigenvalue weighted by Crippen LogP contribution is 2.26. The van der Waals surface area contributed by atoms with Gasteiger partial charge in [0.1, 0.15) is 11.6 Å². The van der Waals surface area contributed by atoms with Crippen LogP contribution >= 0.6 is 11.6 Å². The lowest BCUT2D eigenvalue weighted by molar-refractivity contribution is 0.0739. The van der Waals surface area contributed by atoms with Gasteiger partial charge in [0.2, 0.25) is 0 Å². The van der Waals surface area contributed by atoms with Gasteiger partial charge in [-0.05, 0) is 42.8 Å². The predicted molar refractivity (Wildman–Crippen MR) is 80.0 cm³/mol. The van der Waals surface area contributed by atoms with Crippen LogP contribution in [0.4, 0.5) is 4.39 Å². The fraction of sp³-hybridized carbons (Fsp3) is 0.188. The SMILES string of the molecule is CC(c1cccc(Cl)c1)N(C)C(=O)c1cc(F)ccc1O. The van der Waals surface area contributed by atoms with Gasteiger partial charge in [-0.15, -0.1) is 0 Å². The van der Waals surface area contributed by atoms with Crippen molar-refractivity contribution >= 4 is 17.5 Å². The van der Waals surface area contributed by atoms with E-state index in [1.807, 2.05) is 13.0 Å². The Labute approximate surface area is 127 Å². The number of hydrogen-bond acceptors (Lipinski definition) is 2. The number of aromatic hydroxyl groups is 1. The van der Waals surface area contributed by atoms with Crippen LogP contribution in [-0.2, 0) is 0 Å². The predicted octanol–water partition coefficient (Wildman–Crippen LogP) is 4.02. The number of rotatable bonds is 3. The fourth-order valence-corrected chi connectivity index (χ4v) is 2.23. The van der Waals surface area contributed by atoms with E-state index < -0.39 is 11.7 Å². The summed E-state index contributed by atoms with van der Waals surface area (Å²) in [6.07, 6.45) is 0. The van der Waals surface area contributed by atoms with Crippen molar-refractivity contribution in [2.24, 2.45) is 0 Å². The fourth-order valence-electron chi connectivity index (χ4n) is 2.04. The molecule has 0 spiro atoms. The molecule has 21 heavy (non-hydrogen) atoms. The molecular weight excluding hydrogens is 293 g/mol. The summed E-state index contributed by atoms with van der Waals surface area (Å²) in [7, 11) is 1.60. The van der Waals surface area contributed by atoms with Gasteiger partial charge in [0.05, 0.1) is 11.6 Å². The minimum Gasteiger partial charge on any atom is -0.507 e. The molecule has 0 aromatic heterocycles. The molecule has 1 unspecified atom stereocenters. The van der Waals surface area contributed by atoms with Gasteiger partial charge >= 0.3 is 0 Å². The molecule has 0 aliphatic rings. The normalized spacial score (nSPS) is 12.0. The highest BCUT2D eigenvalue weighted by molar-refractivity contribution is 6.30. The molecule has 0 saturated carbocycles. The van der Waals surface area contributed by atoms with Gasteiger partial charge in [0.25, 0.3) is 5.91 Å². The molecule has 1 amide bonds. The zero-order valence-corrected chi connectivity index (χ0v) is 12.4. The second kappa shape index (κ2) is 6.14. The average Bonchev–Trinajstić information content (AvgIpc) is 2.47. The molecule has 0 heterocycles. The van der Waals surface area contributed by atoms with Crippen molar-refractivity contribution in [3.05, 3.63) is 64.4 Å². The molecule has 110 valence electrons. The van der Waals surface area contributed by atoms with Crippen molar-refractivity contribution < 1.29 is 14.3 Å². The Hall–Kier alpha value is -2.07. The van der Waals surface area contributed by atoms with Crippen LogP contribution in [0.5, 0.6) is 5.75 Å². The molecule has 2 aromatic carbocycles. The number of benzene rings is 2. The maximum absolute atomic E-state index is 13.2. The number of phenolic OH excluding ortho intramolecular Hbond substituents is 1. The van der Waals surface area contributed by atoms with Crippen LogP contribution in [0.15, 0.2) is 42.5 Å². The van der Waals surface area contributed by atoms with Crippen LogP contribution < -0.4 is 0 Å². The Morgan fingerprint density at radius 3 is 2.67 bits per heavy atom. The average molecular weight is 308 g/mol. The highest BCUT2D eigenvalue weighted by Gasteiger charge is 2.22. The number of halogens is 2. The summed E-state index contributed by atoms with van der Waals surface area (Å²) in [6, 6.07) is 10.2. The summed E-state index contributed by atoms with van der Waals surface area (Å²) >= 11 is 5.94. The number of amides is 1. The molecule has 5 heteroatoms. The molecule has 0 radical (unpaired) electrons. The summed E-state index contributed by atoms with van der Waals surface area (Å²) in [5.41, 5.74) is 0.792. The largest absolute Gasteiger partial charge is 0.507 e. The zero-order chi connectivity index (χ0) is 15.6. The van der Waals surface area contributed by atoms with Crippen LogP contribution in [0.3, 0.4) is 0 Å². The third kappa shape index (κ3) is 3.34. The second-order valence-electron chi connectivity index (χ2n) is 4.81. The third-order valence-electron chi connectivity index (χ3n) is 3.42. The first-order valence-corrected chi connectivity index (χ1v) is 6.79. The lowest BCUT2D eigenvalue weighted by atomic mass is 10.1. The number of carbonyl (C=O) groups is 1. The Bertz CT molecular complexity index is 675. The van der Waals surface area contributed by atoms with Crippen molar-refractivity contribution in [3.63, 3.8) is 0 Å². The first kappa shape index (κ1) is 15.3. The Kier molecular flexibility index (Phi) is 4.48. The highest BCUT2D eigenvalue weighted by atomic mass is 35.5. The van der Waals surface area contributed by atoms with Crippen LogP contribution in [0.2, 0.25) is 5.02 Å². The summed E-state index contributed by atoms with van der Waals surface area (Å²) in [5.74, 6) is -1.27. The maximum atomic E-state index is 13.2. The van der Waals surface area contributed by atoms with Gasteiger partial charge in [-0.25, -0.2) is 4.39 Å². The Morgan fingerprint density at radius 1 is 1.29 bits per heavy atom. The van der Waals surface area contributed by atoms with Crippen molar-refractivity contribution in [1.29, 1.82) is 0 Å².